The summed E-state index contributed by atoms with van der Waals surface area (Å²) < 4.78 is 5.89. The molecule has 2 aliphatic heterocycles. The molecule has 32 heavy (non-hydrogen) atoms. The summed E-state index contributed by atoms with van der Waals surface area (Å²) in [4.78, 5) is 31.7. The molecule has 2 atom stereocenters. The topological polar surface area (TPSA) is 71.5 Å². The molecule has 0 saturated carbocycles. The third-order valence-corrected chi connectivity index (χ3v) is 6.22. The number of rotatable bonds is 4. The quantitative estimate of drug-likeness (QED) is 0.666. The van der Waals surface area contributed by atoms with Crippen molar-refractivity contribution in [1.29, 1.82) is 0 Å². The van der Waals surface area contributed by atoms with E-state index < -0.39 is 12.1 Å². The molecular formula is C25H22ClN3O3. The molecule has 3 aromatic rings. The molecule has 1 saturated heterocycles. The lowest BCUT2D eigenvalue weighted by atomic mass is 9.98. The van der Waals surface area contributed by atoms with E-state index in [1.54, 1.807) is 29.4 Å². The maximum atomic E-state index is 13.3. The van der Waals surface area contributed by atoms with Crippen LogP contribution < -0.4 is 10.1 Å². The highest BCUT2D eigenvalue weighted by molar-refractivity contribution is 6.30. The van der Waals surface area contributed by atoms with E-state index in [0.29, 0.717) is 36.7 Å². The zero-order valence-electron chi connectivity index (χ0n) is 17.3. The number of benzene rings is 2. The zero-order chi connectivity index (χ0) is 22.1. The molecular weight excluding hydrogens is 426 g/mol. The van der Waals surface area contributed by atoms with Gasteiger partial charge in [-0.1, -0.05) is 35.9 Å². The van der Waals surface area contributed by atoms with Gasteiger partial charge in [0.05, 0.1) is 0 Å². The average Bonchev–Trinajstić information content (AvgIpc) is 3.24. The second kappa shape index (κ2) is 8.63. The van der Waals surface area contributed by atoms with E-state index in [1.807, 2.05) is 42.5 Å². The smallest absolute Gasteiger partial charge is 0.264 e. The summed E-state index contributed by atoms with van der Waals surface area (Å²) in [5, 5.41) is 3.51. The van der Waals surface area contributed by atoms with Gasteiger partial charge in [-0.05, 0) is 52.6 Å². The minimum atomic E-state index is -0.633. The van der Waals surface area contributed by atoms with Crippen LogP contribution in [0.1, 0.15) is 11.1 Å². The SMILES string of the molecule is O=C1NCCN(C(=O)C2Cc3cc(Cl)ccc3O2)C1Cc1ccc(-c2ccncc2)cc1. The van der Waals surface area contributed by atoms with E-state index in [-0.39, 0.29) is 11.8 Å². The molecule has 0 bridgehead atoms. The molecule has 6 nitrogen and oxygen atoms in total. The van der Waals surface area contributed by atoms with Crippen molar-refractivity contribution in [3.63, 3.8) is 0 Å². The van der Waals surface area contributed by atoms with Gasteiger partial charge in [-0.15, -0.1) is 0 Å². The van der Waals surface area contributed by atoms with Crippen LogP contribution in [-0.4, -0.2) is 46.9 Å². The Hall–Kier alpha value is -3.38. The number of nitrogens with zero attached hydrogens (tertiary/aromatic N) is 2. The van der Waals surface area contributed by atoms with Crippen molar-refractivity contribution >= 4 is 23.4 Å². The second-order valence-corrected chi connectivity index (χ2v) is 8.47. The third kappa shape index (κ3) is 4.06. The highest BCUT2D eigenvalue weighted by atomic mass is 35.5. The number of fused-ring (bicyclic) bond motifs is 1. The van der Waals surface area contributed by atoms with Crippen molar-refractivity contribution in [1.82, 2.24) is 15.2 Å². The fourth-order valence-corrected chi connectivity index (χ4v) is 4.52. The number of nitrogens with one attached hydrogen (secondary N) is 1. The van der Waals surface area contributed by atoms with Gasteiger partial charge in [-0.25, -0.2) is 0 Å². The van der Waals surface area contributed by atoms with Crippen molar-refractivity contribution in [2.24, 2.45) is 0 Å². The predicted molar refractivity (Wildman–Crippen MR) is 121 cm³/mol. The molecule has 0 spiro atoms. The largest absolute Gasteiger partial charge is 0.480 e. The third-order valence-electron chi connectivity index (χ3n) is 5.98. The van der Waals surface area contributed by atoms with Gasteiger partial charge in [0.2, 0.25) is 5.91 Å². The number of hydrogen-bond acceptors (Lipinski definition) is 4. The Bertz CT molecular complexity index is 1150. The first kappa shape index (κ1) is 20.5. The molecule has 2 unspecified atom stereocenters. The van der Waals surface area contributed by atoms with E-state index in [1.165, 1.54) is 0 Å². The van der Waals surface area contributed by atoms with Crippen LogP contribution in [0.2, 0.25) is 5.02 Å². The summed E-state index contributed by atoms with van der Waals surface area (Å²) in [6.07, 6.45) is 3.79. The summed E-state index contributed by atoms with van der Waals surface area (Å²) in [6, 6.07) is 16.8. The molecule has 2 amide bonds. The Morgan fingerprint density at radius 3 is 2.62 bits per heavy atom. The van der Waals surface area contributed by atoms with Gasteiger partial charge in [0.1, 0.15) is 11.8 Å². The lowest BCUT2D eigenvalue weighted by Crippen LogP contribution is -2.60. The molecule has 1 N–H and O–H groups in total. The fraction of sp³-hybridized carbons (Fsp3) is 0.240. The van der Waals surface area contributed by atoms with Gasteiger partial charge < -0.3 is 15.0 Å². The Kier molecular flexibility index (Phi) is 5.53. The molecule has 0 radical (unpaired) electrons. The van der Waals surface area contributed by atoms with Crippen LogP contribution in [0.5, 0.6) is 5.75 Å². The van der Waals surface area contributed by atoms with Crippen molar-refractivity contribution < 1.29 is 14.3 Å². The molecule has 2 aliphatic rings. The summed E-state index contributed by atoms with van der Waals surface area (Å²) in [5.41, 5.74) is 4.07. The van der Waals surface area contributed by atoms with E-state index in [4.69, 9.17) is 16.3 Å². The van der Waals surface area contributed by atoms with Crippen LogP contribution in [0.4, 0.5) is 0 Å². The standard InChI is InChI=1S/C25H22ClN3O3/c26-20-5-6-22-19(14-20)15-23(32-22)25(31)29-12-11-28-24(30)21(29)13-16-1-3-17(4-2-16)18-7-9-27-10-8-18/h1-10,14,21,23H,11-13,15H2,(H,28,30). The first-order valence-corrected chi connectivity index (χ1v) is 11.0. The normalized spacial score (nSPS) is 19.8. The number of amides is 2. The first-order valence-electron chi connectivity index (χ1n) is 10.6. The predicted octanol–water partition coefficient (Wildman–Crippen LogP) is 3.28. The van der Waals surface area contributed by atoms with Crippen molar-refractivity contribution in [2.45, 2.75) is 25.0 Å². The Labute approximate surface area is 191 Å². The summed E-state index contributed by atoms with van der Waals surface area (Å²) in [5.74, 6) is 0.379. The maximum absolute atomic E-state index is 13.3. The van der Waals surface area contributed by atoms with Crippen LogP contribution in [0.3, 0.4) is 0 Å². The number of ether oxygens (including phenoxy) is 1. The average molecular weight is 448 g/mol. The Balaban J connectivity index is 1.32. The van der Waals surface area contributed by atoms with E-state index in [9.17, 15) is 9.59 Å². The molecule has 5 rings (SSSR count). The van der Waals surface area contributed by atoms with E-state index in [0.717, 1.165) is 22.3 Å². The van der Waals surface area contributed by atoms with Crippen LogP contribution in [0.15, 0.2) is 67.0 Å². The lowest BCUT2D eigenvalue weighted by Gasteiger charge is -2.36. The number of aromatic nitrogens is 1. The van der Waals surface area contributed by atoms with Gasteiger partial charge in [0, 0.05) is 43.3 Å². The Morgan fingerprint density at radius 1 is 1.09 bits per heavy atom. The summed E-state index contributed by atoms with van der Waals surface area (Å²) in [7, 11) is 0. The number of carbonyl (C=O) groups excluding carboxylic acids is 2. The minimum absolute atomic E-state index is 0.138. The fourth-order valence-electron chi connectivity index (χ4n) is 4.32. The molecule has 0 aliphatic carbocycles. The van der Waals surface area contributed by atoms with Gasteiger partial charge in [-0.2, -0.15) is 0 Å². The number of carbonyl (C=O) groups is 2. The minimum Gasteiger partial charge on any atom is -0.480 e. The first-order chi connectivity index (χ1) is 15.6. The zero-order valence-corrected chi connectivity index (χ0v) is 18.1. The summed E-state index contributed by atoms with van der Waals surface area (Å²) in [6.45, 7) is 0.898. The number of pyridine rings is 1. The van der Waals surface area contributed by atoms with Crippen molar-refractivity contribution in [3.05, 3.63) is 83.1 Å². The number of halogens is 1. The molecule has 162 valence electrons. The Morgan fingerprint density at radius 2 is 1.84 bits per heavy atom. The molecule has 7 heteroatoms. The van der Waals surface area contributed by atoms with Gasteiger partial charge in [0.15, 0.2) is 6.10 Å². The lowest BCUT2D eigenvalue weighted by molar-refractivity contribution is -0.147. The highest BCUT2D eigenvalue weighted by Crippen LogP contribution is 2.32. The molecule has 3 heterocycles. The maximum Gasteiger partial charge on any atom is 0.264 e. The highest BCUT2D eigenvalue weighted by Gasteiger charge is 2.39. The van der Waals surface area contributed by atoms with Gasteiger partial charge >= 0.3 is 0 Å². The van der Waals surface area contributed by atoms with Crippen LogP contribution in [-0.2, 0) is 22.4 Å². The van der Waals surface area contributed by atoms with E-state index in [2.05, 4.69) is 10.3 Å². The van der Waals surface area contributed by atoms with Crippen molar-refractivity contribution in [2.75, 3.05) is 13.1 Å². The van der Waals surface area contributed by atoms with Crippen LogP contribution >= 0.6 is 11.6 Å². The number of hydrogen-bond donors (Lipinski definition) is 1. The molecule has 1 aromatic heterocycles. The van der Waals surface area contributed by atoms with E-state index >= 15 is 0 Å². The van der Waals surface area contributed by atoms with Gasteiger partial charge in [-0.3, -0.25) is 14.6 Å². The van der Waals surface area contributed by atoms with Crippen molar-refractivity contribution in [3.8, 4) is 16.9 Å². The number of piperazine rings is 1. The second-order valence-electron chi connectivity index (χ2n) is 8.04. The molecule has 2 aromatic carbocycles. The van der Waals surface area contributed by atoms with Crippen LogP contribution in [0, 0.1) is 0 Å². The van der Waals surface area contributed by atoms with Gasteiger partial charge in [0.25, 0.3) is 5.91 Å². The van der Waals surface area contributed by atoms with Crippen LogP contribution in [0.25, 0.3) is 11.1 Å². The molecule has 1 fully saturated rings. The summed E-state index contributed by atoms with van der Waals surface area (Å²) >= 11 is 6.08. The monoisotopic (exact) mass is 447 g/mol.